The van der Waals surface area contributed by atoms with Crippen molar-refractivity contribution in [2.24, 2.45) is 0 Å². The highest BCUT2D eigenvalue weighted by molar-refractivity contribution is 5.74. The molecule has 2 atom stereocenters. The number of urea groups is 1. The average Bonchev–Trinajstić information content (AvgIpc) is 3.23. The van der Waals surface area contributed by atoms with Gasteiger partial charge in [-0.2, -0.15) is 5.10 Å². The molecule has 2 heterocycles. The number of rotatable bonds is 6. The topological polar surface area (TPSA) is 70.2 Å². The quantitative estimate of drug-likeness (QED) is 0.670. The van der Waals surface area contributed by atoms with E-state index in [4.69, 9.17) is 4.74 Å². The molecule has 32 heavy (non-hydrogen) atoms. The van der Waals surface area contributed by atoms with Crippen molar-refractivity contribution < 1.29 is 13.9 Å². The van der Waals surface area contributed by atoms with E-state index in [0.29, 0.717) is 19.1 Å². The number of likely N-dealkylation sites (tertiary alicyclic amines) is 1. The molecule has 174 valence electrons. The van der Waals surface area contributed by atoms with Crippen molar-refractivity contribution >= 4 is 6.03 Å². The summed E-state index contributed by atoms with van der Waals surface area (Å²) in [5, 5.41) is 10.4. The number of ether oxygens (including phenoxy) is 1. The number of hydrogen-bond donors (Lipinski definition) is 2. The van der Waals surface area contributed by atoms with Crippen molar-refractivity contribution in [2.75, 3.05) is 19.7 Å². The zero-order valence-corrected chi connectivity index (χ0v) is 19.1. The fraction of sp³-hybridized carbons (Fsp3) is 0.600. The zero-order valence-electron chi connectivity index (χ0n) is 19.1. The summed E-state index contributed by atoms with van der Waals surface area (Å²) >= 11 is 0. The summed E-state index contributed by atoms with van der Waals surface area (Å²) in [6, 6.07) is 6.93. The second-order valence-electron chi connectivity index (χ2n) is 9.16. The van der Waals surface area contributed by atoms with Crippen molar-refractivity contribution in [1.29, 1.82) is 0 Å². The van der Waals surface area contributed by atoms with Crippen LogP contribution in [0, 0.1) is 12.7 Å². The molecule has 1 aliphatic carbocycles. The van der Waals surface area contributed by atoms with E-state index in [-0.39, 0.29) is 29.9 Å². The first kappa shape index (κ1) is 22.8. The first-order valence-corrected chi connectivity index (χ1v) is 12.0. The number of aromatic amines is 1. The van der Waals surface area contributed by atoms with Crippen LogP contribution >= 0.6 is 0 Å². The van der Waals surface area contributed by atoms with Crippen molar-refractivity contribution in [3.05, 3.63) is 53.1 Å². The lowest BCUT2D eigenvalue weighted by molar-refractivity contribution is -0.0171. The number of carbonyl (C=O) groups is 1. The SMILES string of the molecule is CCNC(=O)N1CCC[C@@H](c2n[nH]cc2C)[C@H]1CO[C@H]1CC[C@@H](c2cccc(F)c2)CC1. The first-order chi connectivity index (χ1) is 15.6. The third kappa shape index (κ3) is 5.14. The lowest BCUT2D eigenvalue weighted by Crippen LogP contribution is -2.53. The van der Waals surface area contributed by atoms with Gasteiger partial charge in [0.25, 0.3) is 0 Å². The molecule has 1 aromatic carbocycles. The predicted octanol–water partition coefficient (Wildman–Crippen LogP) is 4.88. The van der Waals surface area contributed by atoms with E-state index in [0.717, 1.165) is 61.9 Å². The minimum absolute atomic E-state index is 0.0196. The van der Waals surface area contributed by atoms with Crippen LogP contribution < -0.4 is 5.32 Å². The first-order valence-electron chi connectivity index (χ1n) is 12.0. The van der Waals surface area contributed by atoms with Gasteiger partial charge >= 0.3 is 6.03 Å². The summed E-state index contributed by atoms with van der Waals surface area (Å²) in [5.41, 5.74) is 3.27. The Kier molecular flexibility index (Phi) is 7.45. The summed E-state index contributed by atoms with van der Waals surface area (Å²) in [6.07, 6.45) is 7.99. The Morgan fingerprint density at radius 1 is 1.28 bits per heavy atom. The molecule has 7 heteroatoms. The molecule has 1 aromatic heterocycles. The number of halogens is 1. The third-order valence-corrected chi connectivity index (χ3v) is 7.09. The Morgan fingerprint density at radius 3 is 2.78 bits per heavy atom. The maximum Gasteiger partial charge on any atom is 0.317 e. The van der Waals surface area contributed by atoms with Crippen molar-refractivity contribution in [3.8, 4) is 0 Å². The summed E-state index contributed by atoms with van der Waals surface area (Å²) in [4.78, 5) is 14.7. The van der Waals surface area contributed by atoms with Gasteiger partial charge in [0.15, 0.2) is 0 Å². The number of carbonyl (C=O) groups excluding carboxylic acids is 1. The summed E-state index contributed by atoms with van der Waals surface area (Å²) in [5.74, 6) is 0.399. The standard InChI is InChI=1S/C25H35FN4O2/c1-3-27-25(31)30-13-5-8-22(24-17(2)15-28-29-24)23(30)16-32-21-11-9-18(10-12-21)19-6-4-7-20(26)14-19/h4,6-7,14-15,18,21-23H,3,5,8-13,16H2,1-2H3,(H,27,31)(H,28,29)/t18-,21+,22-,23-/m1/s1. The molecule has 2 N–H and O–H groups in total. The number of H-pyrrole nitrogens is 1. The maximum atomic E-state index is 13.6. The van der Waals surface area contributed by atoms with Gasteiger partial charge in [0.2, 0.25) is 0 Å². The molecule has 0 bridgehead atoms. The second kappa shape index (κ2) is 10.5. The number of aryl methyl sites for hydroxylation is 1. The molecule has 1 saturated heterocycles. The number of aromatic nitrogens is 2. The molecule has 0 radical (unpaired) electrons. The highest BCUT2D eigenvalue weighted by Gasteiger charge is 2.38. The number of nitrogens with zero attached hydrogens (tertiary/aromatic N) is 2. The molecule has 2 fully saturated rings. The third-order valence-electron chi connectivity index (χ3n) is 7.09. The lowest BCUT2D eigenvalue weighted by atomic mass is 9.82. The van der Waals surface area contributed by atoms with Crippen molar-refractivity contribution in [3.63, 3.8) is 0 Å². The van der Waals surface area contributed by atoms with Gasteiger partial charge in [0.05, 0.1) is 24.4 Å². The zero-order chi connectivity index (χ0) is 22.5. The van der Waals surface area contributed by atoms with Crippen LogP contribution in [0.4, 0.5) is 9.18 Å². The predicted molar refractivity (Wildman–Crippen MR) is 122 cm³/mol. The van der Waals surface area contributed by atoms with E-state index in [1.807, 2.05) is 24.1 Å². The molecular formula is C25H35FN4O2. The van der Waals surface area contributed by atoms with E-state index in [2.05, 4.69) is 22.4 Å². The maximum absolute atomic E-state index is 13.6. The molecular weight excluding hydrogens is 407 g/mol. The van der Waals surface area contributed by atoms with Crippen LogP contribution in [-0.4, -0.2) is 53.0 Å². The smallest absolute Gasteiger partial charge is 0.317 e. The fourth-order valence-corrected chi connectivity index (χ4v) is 5.38. The second-order valence-corrected chi connectivity index (χ2v) is 9.16. The summed E-state index contributed by atoms with van der Waals surface area (Å²) < 4.78 is 20.0. The summed E-state index contributed by atoms with van der Waals surface area (Å²) in [6.45, 7) is 5.88. The number of nitrogens with one attached hydrogen (secondary N) is 2. The Hall–Kier alpha value is -2.41. The van der Waals surface area contributed by atoms with E-state index < -0.39 is 0 Å². The molecule has 1 saturated carbocycles. The van der Waals surface area contributed by atoms with Crippen molar-refractivity contribution in [2.45, 2.75) is 76.4 Å². The van der Waals surface area contributed by atoms with E-state index in [1.54, 1.807) is 12.1 Å². The van der Waals surface area contributed by atoms with Crippen LogP contribution in [0.15, 0.2) is 30.5 Å². The van der Waals surface area contributed by atoms with Crippen molar-refractivity contribution in [1.82, 2.24) is 20.4 Å². The molecule has 2 amide bonds. The number of amides is 2. The van der Waals surface area contributed by atoms with Gasteiger partial charge < -0.3 is 15.0 Å². The molecule has 2 aliphatic rings. The lowest BCUT2D eigenvalue weighted by Gasteiger charge is -2.41. The van der Waals surface area contributed by atoms with Gasteiger partial charge in [0.1, 0.15) is 5.82 Å². The van der Waals surface area contributed by atoms with Crippen LogP contribution in [0.3, 0.4) is 0 Å². The number of piperidine rings is 1. The highest BCUT2D eigenvalue weighted by atomic mass is 19.1. The Labute approximate surface area is 189 Å². The van der Waals surface area contributed by atoms with E-state index in [1.165, 1.54) is 6.07 Å². The number of benzene rings is 1. The highest BCUT2D eigenvalue weighted by Crippen LogP contribution is 2.37. The van der Waals surface area contributed by atoms with Gasteiger partial charge in [-0.1, -0.05) is 12.1 Å². The average molecular weight is 443 g/mol. The van der Waals surface area contributed by atoms with Crippen LogP contribution in [0.1, 0.15) is 74.1 Å². The van der Waals surface area contributed by atoms with E-state index in [9.17, 15) is 9.18 Å². The minimum atomic E-state index is -0.164. The molecule has 1 aliphatic heterocycles. The normalized spacial score (nSPS) is 26.2. The molecule has 6 nitrogen and oxygen atoms in total. The Bertz CT molecular complexity index is 894. The van der Waals surface area contributed by atoms with Crippen LogP contribution in [0.5, 0.6) is 0 Å². The monoisotopic (exact) mass is 442 g/mol. The minimum Gasteiger partial charge on any atom is -0.376 e. The molecule has 0 spiro atoms. The molecule has 4 rings (SSSR count). The Balaban J connectivity index is 1.40. The van der Waals surface area contributed by atoms with Gasteiger partial charge in [-0.05, 0) is 81.5 Å². The van der Waals surface area contributed by atoms with Crippen LogP contribution in [0.25, 0.3) is 0 Å². The summed E-state index contributed by atoms with van der Waals surface area (Å²) in [7, 11) is 0. The van der Waals surface area contributed by atoms with Gasteiger partial charge in [-0.25, -0.2) is 9.18 Å². The fourth-order valence-electron chi connectivity index (χ4n) is 5.38. The Morgan fingerprint density at radius 2 is 2.09 bits per heavy atom. The largest absolute Gasteiger partial charge is 0.376 e. The van der Waals surface area contributed by atoms with E-state index >= 15 is 0 Å². The van der Waals surface area contributed by atoms with Gasteiger partial charge in [-0.3, -0.25) is 5.10 Å². The molecule has 0 unspecified atom stereocenters. The van der Waals surface area contributed by atoms with Gasteiger partial charge in [0, 0.05) is 25.2 Å². The van der Waals surface area contributed by atoms with Crippen LogP contribution in [0.2, 0.25) is 0 Å². The number of hydrogen-bond acceptors (Lipinski definition) is 3. The molecule has 2 aromatic rings. The van der Waals surface area contributed by atoms with Crippen LogP contribution in [-0.2, 0) is 4.74 Å². The van der Waals surface area contributed by atoms with Gasteiger partial charge in [-0.15, -0.1) is 0 Å².